The Hall–Kier alpha value is -6.41. The fourth-order valence-electron chi connectivity index (χ4n) is 8.56. The highest BCUT2D eigenvalue weighted by Crippen LogP contribution is 2.47. The molecular weight excluding hydrogens is 831 g/mol. The smallest absolute Gasteiger partial charge is 0.277 e. The summed E-state index contributed by atoms with van der Waals surface area (Å²) < 4.78 is 60.1. The van der Waals surface area contributed by atoms with Gasteiger partial charge in [0.1, 0.15) is 0 Å². The third-order valence-electron chi connectivity index (χ3n) is 11.8. The molecule has 0 aliphatic carbocycles. The summed E-state index contributed by atoms with van der Waals surface area (Å²) in [5, 5.41) is 2.89. The van der Waals surface area contributed by atoms with Gasteiger partial charge in [0.15, 0.2) is 5.01 Å². The number of thiazole rings is 1. The zero-order valence-corrected chi connectivity index (χ0v) is 35.7. The lowest BCUT2D eigenvalue weighted by Gasteiger charge is -2.31. The number of primary amides is 1. The monoisotopic (exact) mass is 875 g/mol. The second-order valence-corrected chi connectivity index (χ2v) is 18.3. The number of amides is 4. The summed E-state index contributed by atoms with van der Waals surface area (Å²) in [5.74, 6) is -12.2. The number of hydrogen-bond acceptors (Lipinski definition) is 6. The quantitative estimate of drug-likeness (QED) is 0.133. The van der Waals surface area contributed by atoms with E-state index >= 15 is 9.59 Å². The molecule has 2 atom stereocenters. The average Bonchev–Trinajstić information content (AvgIpc) is 3.97. The van der Waals surface area contributed by atoms with Gasteiger partial charge in [-0.25, -0.2) is 22.5 Å². The number of anilines is 1. The summed E-state index contributed by atoms with van der Waals surface area (Å²) in [5.41, 5.74) is 9.20. The summed E-state index contributed by atoms with van der Waals surface area (Å²) in [7, 11) is 0. The molecule has 0 radical (unpaired) electrons. The van der Waals surface area contributed by atoms with E-state index in [9.17, 15) is 27.2 Å². The van der Waals surface area contributed by atoms with Crippen LogP contribution in [0.3, 0.4) is 0 Å². The van der Waals surface area contributed by atoms with Crippen molar-refractivity contribution in [3.63, 3.8) is 0 Å². The highest BCUT2D eigenvalue weighted by Gasteiger charge is 2.47. The minimum atomic E-state index is -3.18. The number of nitrogens with zero attached hydrogens (tertiary/aromatic N) is 3. The summed E-state index contributed by atoms with van der Waals surface area (Å²) in [6, 6.07) is 33.0. The molecule has 5 aromatic carbocycles. The number of aromatic nitrogens is 1. The van der Waals surface area contributed by atoms with Crippen LogP contribution in [0.25, 0.3) is 21.3 Å². The summed E-state index contributed by atoms with van der Waals surface area (Å²) in [6.07, 6.45) is -1.15. The standard InChI is InChI=1S/C49H45F4N5O4S/c1-47(2,3)32-20-18-29(19-21-32)33-16-10-11-17-34(33)43(60)55-35-26-36-41(56-44(63-36)42(54)59)40(38(31-14-8-5-9-15-31)46(62)58-25-23-49(52,53)28-58)39(35)37(30-12-6-4-7-13-30)45(61)57-24-22-48(50,51)27-57/h4-21,26,37-38H,22-25,27-28H2,1-3H3,(H2,54,59)(H,55,60)/t37-,38-/m0/s1. The molecule has 1 aromatic heterocycles. The van der Waals surface area contributed by atoms with E-state index in [1.165, 1.54) is 6.07 Å². The third-order valence-corrected chi connectivity index (χ3v) is 12.8. The lowest BCUT2D eigenvalue weighted by atomic mass is 9.78. The molecule has 2 aliphatic heterocycles. The molecule has 63 heavy (non-hydrogen) atoms. The minimum Gasteiger partial charge on any atom is -0.364 e. The first kappa shape index (κ1) is 43.2. The number of carbonyl (C=O) groups is 4. The molecule has 3 heterocycles. The Morgan fingerprint density at radius 2 is 1.22 bits per heavy atom. The van der Waals surface area contributed by atoms with Gasteiger partial charge in [0, 0.05) is 42.7 Å². The SMILES string of the molecule is CC(C)(C)c1ccc(-c2ccccc2C(=O)Nc2cc3sc(C(N)=O)nc3c([C@@H](C(=O)N3CCC(F)(F)C3)c3ccccc3)c2[C@@H](C(=O)N2CCC(F)(F)C2)c2ccccc2)cc1. The van der Waals surface area contributed by atoms with Gasteiger partial charge in [-0.2, -0.15) is 0 Å². The van der Waals surface area contributed by atoms with Crippen molar-refractivity contribution in [3.8, 4) is 11.1 Å². The molecule has 0 spiro atoms. The van der Waals surface area contributed by atoms with Crippen LogP contribution in [0, 0.1) is 0 Å². The Morgan fingerprint density at radius 1 is 0.714 bits per heavy atom. The first-order valence-corrected chi connectivity index (χ1v) is 21.4. The van der Waals surface area contributed by atoms with Gasteiger partial charge in [0.2, 0.25) is 11.8 Å². The molecule has 3 N–H and O–H groups in total. The van der Waals surface area contributed by atoms with Crippen LogP contribution in [0.15, 0.2) is 115 Å². The molecule has 324 valence electrons. The van der Waals surface area contributed by atoms with Crippen molar-refractivity contribution < 1.29 is 36.7 Å². The second-order valence-electron chi connectivity index (χ2n) is 17.2. The summed E-state index contributed by atoms with van der Waals surface area (Å²) in [4.78, 5) is 64.7. The van der Waals surface area contributed by atoms with Crippen LogP contribution in [0.5, 0.6) is 0 Å². The minimum absolute atomic E-state index is 0.0219. The first-order chi connectivity index (χ1) is 29.9. The zero-order valence-electron chi connectivity index (χ0n) is 34.8. The molecule has 14 heteroatoms. The van der Waals surface area contributed by atoms with Crippen LogP contribution in [0.2, 0.25) is 0 Å². The number of fused-ring (bicyclic) bond motifs is 1. The molecule has 9 nitrogen and oxygen atoms in total. The van der Waals surface area contributed by atoms with Crippen molar-refractivity contribution in [2.24, 2.45) is 5.73 Å². The Labute approximate surface area is 365 Å². The maximum absolute atomic E-state index is 15.1. The topological polar surface area (TPSA) is 126 Å². The van der Waals surface area contributed by atoms with Gasteiger partial charge in [-0.05, 0) is 50.9 Å². The summed E-state index contributed by atoms with van der Waals surface area (Å²) >= 11 is 0.889. The van der Waals surface area contributed by atoms with Gasteiger partial charge >= 0.3 is 0 Å². The van der Waals surface area contributed by atoms with Crippen LogP contribution in [0.4, 0.5) is 23.2 Å². The van der Waals surface area contributed by atoms with Gasteiger partial charge in [-0.15, -0.1) is 11.3 Å². The Bertz CT molecular complexity index is 2720. The van der Waals surface area contributed by atoms with E-state index in [1.54, 1.807) is 84.9 Å². The molecule has 4 amide bonds. The highest BCUT2D eigenvalue weighted by molar-refractivity contribution is 7.20. The van der Waals surface area contributed by atoms with Crippen molar-refractivity contribution in [2.45, 2.75) is 62.7 Å². The van der Waals surface area contributed by atoms with Gasteiger partial charge in [0.05, 0.1) is 35.1 Å². The number of carbonyl (C=O) groups excluding carboxylic acids is 4. The second kappa shape index (κ2) is 16.7. The summed E-state index contributed by atoms with van der Waals surface area (Å²) in [6.45, 7) is 4.00. The highest BCUT2D eigenvalue weighted by atomic mass is 32.1. The van der Waals surface area contributed by atoms with E-state index in [2.05, 4.69) is 31.1 Å². The number of likely N-dealkylation sites (tertiary alicyclic amines) is 2. The van der Waals surface area contributed by atoms with Crippen LogP contribution in [-0.4, -0.2) is 76.4 Å². The van der Waals surface area contributed by atoms with Crippen molar-refractivity contribution in [1.82, 2.24) is 14.8 Å². The predicted molar refractivity (Wildman–Crippen MR) is 236 cm³/mol. The molecule has 0 saturated carbocycles. The molecular formula is C49H45F4N5O4S. The molecule has 0 bridgehead atoms. The molecule has 6 aromatic rings. The number of benzene rings is 5. The first-order valence-electron chi connectivity index (χ1n) is 20.6. The normalized spacial score (nSPS) is 16.8. The van der Waals surface area contributed by atoms with Gasteiger partial charge in [-0.3, -0.25) is 19.2 Å². The van der Waals surface area contributed by atoms with E-state index in [4.69, 9.17) is 5.73 Å². The third kappa shape index (κ3) is 8.81. The number of nitrogens with two attached hydrogens (primary N) is 1. The number of alkyl halides is 4. The maximum atomic E-state index is 15.1. The average molecular weight is 876 g/mol. The molecule has 2 aliphatic rings. The molecule has 8 rings (SSSR count). The van der Waals surface area contributed by atoms with E-state index < -0.39 is 73.2 Å². The molecule has 0 unspecified atom stereocenters. The van der Waals surface area contributed by atoms with E-state index in [0.29, 0.717) is 16.7 Å². The fourth-order valence-corrected chi connectivity index (χ4v) is 9.43. The number of nitrogens with one attached hydrogen (secondary N) is 1. The lowest BCUT2D eigenvalue weighted by Crippen LogP contribution is -2.38. The van der Waals surface area contributed by atoms with E-state index in [-0.39, 0.29) is 56.1 Å². The Balaban J connectivity index is 1.41. The van der Waals surface area contributed by atoms with Crippen LogP contribution >= 0.6 is 11.3 Å². The Morgan fingerprint density at radius 3 is 1.71 bits per heavy atom. The number of hydrogen-bond donors (Lipinski definition) is 2. The van der Waals surface area contributed by atoms with Gasteiger partial charge in [0.25, 0.3) is 23.7 Å². The van der Waals surface area contributed by atoms with Crippen molar-refractivity contribution in [2.75, 3.05) is 31.5 Å². The lowest BCUT2D eigenvalue weighted by molar-refractivity contribution is -0.133. The number of rotatable bonds is 10. The Kier molecular flexibility index (Phi) is 11.5. The zero-order chi connectivity index (χ0) is 44.8. The van der Waals surface area contributed by atoms with Crippen molar-refractivity contribution >= 4 is 50.9 Å². The van der Waals surface area contributed by atoms with E-state index in [0.717, 1.165) is 32.3 Å². The van der Waals surface area contributed by atoms with Crippen LogP contribution in [0.1, 0.15) is 93.4 Å². The van der Waals surface area contributed by atoms with Gasteiger partial charge < -0.3 is 20.9 Å². The maximum Gasteiger partial charge on any atom is 0.277 e. The van der Waals surface area contributed by atoms with Gasteiger partial charge in [-0.1, -0.05) is 124 Å². The van der Waals surface area contributed by atoms with E-state index in [1.807, 2.05) is 24.3 Å². The predicted octanol–water partition coefficient (Wildman–Crippen LogP) is 9.61. The fraction of sp³-hybridized carbons (Fsp3) is 0.286. The van der Waals surface area contributed by atoms with Crippen molar-refractivity contribution in [3.05, 3.63) is 154 Å². The largest absolute Gasteiger partial charge is 0.364 e. The van der Waals surface area contributed by atoms with Crippen LogP contribution in [-0.2, 0) is 15.0 Å². The molecule has 2 fully saturated rings. The molecule has 2 saturated heterocycles. The number of halogens is 4. The van der Waals surface area contributed by atoms with Crippen molar-refractivity contribution in [1.29, 1.82) is 0 Å². The van der Waals surface area contributed by atoms with Crippen LogP contribution < -0.4 is 11.1 Å².